The second-order valence-corrected chi connectivity index (χ2v) is 7.90. The first kappa shape index (κ1) is 18.2. The molecule has 2 fully saturated rings. The number of amides is 1. The smallest absolute Gasteiger partial charge is 0.274 e. The molecule has 1 spiro atoms. The molecule has 2 aromatic heterocycles. The zero-order valence-corrected chi connectivity index (χ0v) is 16.2. The number of aryl methyl sites for hydroxylation is 1. The first-order valence-corrected chi connectivity index (χ1v) is 9.76. The third kappa shape index (κ3) is 3.26. The summed E-state index contributed by atoms with van der Waals surface area (Å²) >= 11 is 0. The Balaban J connectivity index is 1.61. The number of carbonyl (C=O) groups excluding carboxylic acids is 1. The average Bonchev–Trinajstić information content (AvgIpc) is 3.40. The van der Waals surface area contributed by atoms with Gasteiger partial charge in [-0.05, 0) is 25.8 Å². The summed E-state index contributed by atoms with van der Waals surface area (Å²) in [6.45, 7) is 9.49. The minimum absolute atomic E-state index is 0.0286. The summed E-state index contributed by atoms with van der Waals surface area (Å²) in [5.74, 6) is 1.50. The summed E-state index contributed by atoms with van der Waals surface area (Å²) in [5.41, 5.74) is 0.426. The van der Waals surface area contributed by atoms with Gasteiger partial charge < -0.3 is 14.1 Å². The molecule has 1 amide bonds. The van der Waals surface area contributed by atoms with Gasteiger partial charge in [-0.15, -0.1) is 10.2 Å². The fourth-order valence-electron chi connectivity index (χ4n) is 4.18. The Labute approximate surface area is 158 Å². The van der Waals surface area contributed by atoms with Crippen molar-refractivity contribution in [2.24, 2.45) is 5.41 Å². The van der Waals surface area contributed by atoms with Crippen LogP contribution in [0.3, 0.4) is 0 Å². The van der Waals surface area contributed by atoms with Gasteiger partial charge in [0.15, 0.2) is 0 Å². The molecule has 4 heterocycles. The van der Waals surface area contributed by atoms with Crippen molar-refractivity contribution < 1.29 is 13.9 Å². The molecule has 0 aromatic carbocycles. The molecular weight excluding hydrogens is 346 g/mol. The molecule has 0 aliphatic carbocycles. The van der Waals surface area contributed by atoms with Crippen molar-refractivity contribution in [1.82, 2.24) is 24.9 Å². The lowest BCUT2D eigenvalue weighted by atomic mass is 9.72. The highest BCUT2D eigenvalue weighted by Gasteiger charge is 2.51. The number of rotatable bonds is 4. The van der Waals surface area contributed by atoms with E-state index in [0.29, 0.717) is 43.8 Å². The van der Waals surface area contributed by atoms with Crippen molar-refractivity contribution >= 4 is 5.91 Å². The molecule has 0 N–H and O–H groups in total. The molecule has 2 aromatic rings. The number of hydrogen-bond donors (Lipinski definition) is 0. The molecule has 146 valence electrons. The molecule has 8 heteroatoms. The van der Waals surface area contributed by atoms with Crippen LogP contribution in [0, 0.1) is 5.41 Å². The van der Waals surface area contributed by atoms with Gasteiger partial charge in [0.25, 0.3) is 5.91 Å². The van der Waals surface area contributed by atoms with Crippen LogP contribution >= 0.6 is 0 Å². The van der Waals surface area contributed by atoms with Crippen molar-refractivity contribution in [3.05, 3.63) is 29.7 Å². The Morgan fingerprint density at radius 2 is 2.11 bits per heavy atom. The van der Waals surface area contributed by atoms with Gasteiger partial charge in [0, 0.05) is 50.4 Å². The van der Waals surface area contributed by atoms with E-state index >= 15 is 0 Å². The predicted molar refractivity (Wildman–Crippen MR) is 97.4 cm³/mol. The largest absolute Gasteiger partial charge is 0.425 e. The molecule has 2 aliphatic rings. The summed E-state index contributed by atoms with van der Waals surface area (Å²) in [5, 5.41) is 12.9. The molecule has 0 bridgehead atoms. The van der Waals surface area contributed by atoms with Crippen LogP contribution in [0.1, 0.15) is 67.7 Å². The highest BCUT2D eigenvalue weighted by molar-refractivity contribution is 5.92. The molecule has 0 saturated carbocycles. The van der Waals surface area contributed by atoms with E-state index in [2.05, 4.69) is 15.3 Å². The van der Waals surface area contributed by atoms with Gasteiger partial charge in [-0.25, -0.2) is 0 Å². The SMILES string of the molecule is CCn1ccc(C(=O)N2CC(c3nnc(C(C)C)o3)C3(CCOCC3)C2)n1. The second kappa shape index (κ2) is 7.07. The Morgan fingerprint density at radius 1 is 1.33 bits per heavy atom. The van der Waals surface area contributed by atoms with Crippen molar-refractivity contribution in [2.75, 3.05) is 26.3 Å². The van der Waals surface area contributed by atoms with Gasteiger partial charge in [0.1, 0.15) is 5.69 Å². The van der Waals surface area contributed by atoms with E-state index in [0.717, 1.165) is 19.4 Å². The fourth-order valence-corrected chi connectivity index (χ4v) is 4.18. The van der Waals surface area contributed by atoms with E-state index in [1.165, 1.54) is 0 Å². The van der Waals surface area contributed by atoms with Crippen molar-refractivity contribution in [2.45, 2.75) is 52.0 Å². The van der Waals surface area contributed by atoms with Gasteiger partial charge in [0.2, 0.25) is 11.8 Å². The minimum atomic E-state index is -0.0674. The summed E-state index contributed by atoms with van der Waals surface area (Å²) in [6, 6.07) is 1.79. The lowest BCUT2D eigenvalue weighted by molar-refractivity contribution is 0.00884. The number of nitrogens with zero attached hydrogens (tertiary/aromatic N) is 5. The van der Waals surface area contributed by atoms with Gasteiger partial charge in [-0.2, -0.15) is 5.10 Å². The highest BCUT2D eigenvalue weighted by Crippen LogP contribution is 2.49. The van der Waals surface area contributed by atoms with Crippen molar-refractivity contribution in [3.63, 3.8) is 0 Å². The molecule has 1 unspecified atom stereocenters. The van der Waals surface area contributed by atoms with E-state index < -0.39 is 0 Å². The average molecular weight is 373 g/mol. The van der Waals surface area contributed by atoms with Crippen LogP contribution in [0.25, 0.3) is 0 Å². The lowest BCUT2D eigenvalue weighted by Gasteiger charge is -2.36. The Morgan fingerprint density at radius 3 is 2.74 bits per heavy atom. The molecule has 4 rings (SSSR count). The Bertz CT molecular complexity index is 806. The van der Waals surface area contributed by atoms with Crippen LogP contribution in [0.2, 0.25) is 0 Å². The maximum absolute atomic E-state index is 13.0. The summed E-state index contributed by atoms with van der Waals surface area (Å²) < 4.78 is 13.4. The topological polar surface area (TPSA) is 86.3 Å². The first-order valence-electron chi connectivity index (χ1n) is 9.76. The van der Waals surface area contributed by atoms with Crippen LogP contribution in [0.15, 0.2) is 16.7 Å². The van der Waals surface area contributed by atoms with Crippen LogP contribution in [0.5, 0.6) is 0 Å². The monoisotopic (exact) mass is 373 g/mol. The van der Waals surface area contributed by atoms with Gasteiger partial charge in [0.05, 0.1) is 5.92 Å². The van der Waals surface area contributed by atoms with E-state index in [1.807, 2.05) is 31.9 Å². The maximum atomic E-state index is 13.0. The summed E-state index contributed by atoms with van der Waals surface area (Å²) in [7, 11) is 0. The van der Waals surface area contributed by atoms with E-state index in [-0.39, 0.29) is 23.2 Å². The van der Waals surface area contributed by atoms with E-state index in [4.69, 9.17) is 9.15 Å². The maximum Gasteiger partial charge on any atom is 0.274 e. The normalized spacial score (nSPS) is 22.1. The summed E-state index contributed by atoms with van der Waals surface area (Å²) in [4.78, 5) is 14.9. The van der Waals surface area contributed by atoms with Crippen LogP contribution < -0.4 is 0 Å². The third-order valence-electron chi connectivity index (χ3n) is 5.86. The number of hydrogen-bond acceptors (Lipinski definition) is 6. The standard InChI is InChI=1S/C19H27N5O3/c1-4-24-8-5-15(22-24)18(25)23-11-14(17-21-20-16(27-17)13(2)3)19(12-23)6-9-26-10-7-19/h5,8,13-14H,4,6-7,9-12H2,1-3H3. The fraction of sp³-hybridized carbons (Fsp3) is 0.684. The van der Waals surface area contributed by atoms with Gasteiger partial charge in [-0.3, -0.25) is 9.48 Å². The molecule has 1 atom stereocenters. The third-order valence-corrected chi connectivity index (χ3v) is 5.86. The number of carbonyl (C=O) groups is 1. The zero-order chi connectivity index (χ0) is 19.0. The molecular formula is C19H27N5O3. The van der Waals surface area contributed by atoms with Crippen molar-refractivity contribution in [3.8, 4) is 0 Å². The van der Waals surface area contributed by atoms with Gasteiger partial charge in [-0.1, -0.05) is 13.8 Å². The Kier molecular flexibility index (Phi) is 4.75. The minimum Gasteiger partial charge on any atom is -0.425 e. The molecule has 2 saturated heterocycles. The zero-order valence-electron chi connectivity index (χ0n) is 16.2. The number of likely N-dealkylation sites (tertiary alicyclic amines) is 1. The predicted octanol–water partition coefficient (Wildman–Crippen LogP) is 2.45. The number of ether oxygens (including phenoxy) is 1. The molecule has 2 aliphatic heterocycles. The Hall–Kier alpha value is -2.22. The van der Waals surface area contributed by atoms with Crippen LogP contribution in [0.4, 0.5) is 0 Å². The first-order chi connectivity index (χ1) is 13.0. The van der Waals surface area contributed by atoms with E-state index in [1.54, 1.807) is 10.7 Å². The van der Waals surface area contributed by atoms with Crippen LogP contribution in [-0.4, -0.2) is 57.1 Å². The highest BCUT2D eigenvalue weighted by atomic mass is 16.5. The lowest BCUT2D eigenvalue weighted by Crippen LogP contribution is -2.37. The molecule has 0 radical (unpaired) electrons. The van der Waals surface area contributed by atoms with E-state index in [9.17, 15) is 4.79 Å². The van der Waals surface area contributed by atoms with Crippen molar-refractivity contribution in [1.29, 1.82) is 0 Å². The van der Waals surface area contributed by atoms with Gasteiger partial charge >= 0.3 is 0 Å². The number of aromatic nitrogens is 4. The quantitative estimate of drug-likeness (QED) is 0.818. The molecule has 8 nitrogen and oxygen atoms in total. The van der Waals surface area contributed by atoms with Crippen LogP contribution in [-0.2, 0) is 11.3 Å². The summed E-state index contributed by atoms with van der Waals surface area (Å²) in [6.07, 6.45) is 3.63. The molecule has 27 heavy (non-hydrogen) atoms. The second-order valence-electron chi connectivity index (χ2n) is 7.90.